The highest BCUT2D eigenvalue weighted by Gasteiger charge is 2.40. The normalized spacial score (nSPS) is 16.8. The number of rotatable bonds is 23. The molecular weight excluding hydrogens is 967 g/mol. The van der Waals surface area contributed by atoms with E-state index in [9.17, 15) is 33.6 Å². The van der Waals surface area contributed by atoms with Crippen molar-refractivity contribution < 1.29 is 66.7 Å². The highest BCUT2D eigenvalue weighted by atomic mass is 16.5. The van der Waals surface area contributed by atoms with Gasteiger partial charge in [-0.1, -0.05) is 30.3 Å². The van der Waals surface area contributed by atoms with Crippen LogP contribution < -0.4 is 44.4 Å². The van der Waals surface area contributed by atoms with Gasteiger partial charge in [0.15, 0.2) is 29.6 Å². The molecule has 6 amide bonds. The van der Waals surface area contributed by atoms with E-state index in [0.29, 0.717) is 126 Å². The van der Waals surface area contributed by atoms with Crippen LogP contribution in [0.15, 0.2) is 78.9 Å². The molecule has 3 N–H and O–H groups in total. The van der Waals surface area contributed by atoms with Gasteiger partial charge in [-0.3, -0.25) is 34.1 Å². The summed E-state index contributed by atoms with van der Waals surface area (Å²) in [7, 11) is 7.62. The van der Waals surface area contributed by atoms with Crippen molar-refractivity contribution in [2.45, 2.75) is 95.9 Å². The number of hydrogen-bond donors (Lipinski definition) is 3. The molecule has 3 aliphatic rings. The molecule has 0 saturated carbocycles. The van der Waals surface area contributed by atoms with Crippen LogP contribution >= 0.6 is 0 Å². The number of aryl methyl sites for hydroxylation is 1. The third kappa shape index (κ3) is 13.2. The van der Waals surface area contributed by atoms with Gasteiger partial charge >= 0.3 is 5.97 Å². The highest BCUT2D eigenvalue weighted by molar-refractivity contribution is 6.20. The molecule has 4 aromatic rings. The summed E-state index contributed by atoms with van der Waals surface area (Å²) in [5.41, 5.74) is 3.91. The van der Waals surface area contributed by atoms with Gasteiger partial charge in [-0.25, -0.2) is 4.79 Å². The Labute approximate surface area is 436 Å². The first kappa shape index (κ1) is 54.7. The van der Waals surface area contributed by atoms with Gasteiger partial charge in [0.2, 0.25) is 23.5 Å². The molecule has 3 heterocycles. The lowest BCUT2D eigenvalue weighted by Crippen LogP contribution is -2.52. The van der Waals surface area contributed by atoms with Crippen molar-refractivity contribution in [3.05, 3.63) is 107 Å². The number of nitrogens with one attached hydrogen (secondary N) is 3. The lowest BCUT2D eigenvalue weighted by atomic mass is 9.97. The monoisotopic (exact) mass is 1030 g/mol. The molecule has 19 heteroatoms. The molecule has 2 saturated heterocycles. The number of imide groups is 1. The molecule has 75 heavy (non-hydrogen) atoms. The molecule has 398 valence electrons. The first-order valence-corrected chi connectivity index (χ1v) is 25.1. The van der Waals surface area contributed by atoms with Crippen molar-refractivity contribution in [1.29, 1.82) is 0 Å². The number of benzene rings is 4. The van der Waals surface area contributed by atoms with Gasteiger partial charge in [0.1, 0.15) is 23.9 Å². The number of amides is 6. The van der Waals surface area contributed by atoms with Crippen LogP contribution in [0.2, 0.25) is 0 Å². The van der Waals surface area contributed by atoms with Crippen LogP contribution in [0.25, 0.3) is 5.57 Å². The molecule has 3 aliphatic heterocycles. The van der Waals surface area contributed by atoms with Crippen molar-refractivity contribution in [3.63, 3.8) is 0 Å². The van der Waals surface area contributed by atoms with Crippen LogP contribution in [-0.4, -0.2) is 119 Å². The topological polar surface area (TPSA) is 227 Å². The van der Waals surface area contributed by atoms with Crippen molar-refractivity contribution in [1.82, 2.24) is 20.4 Å². The fourth-order valence-electron chi connectivity index (χ4n) is 9.63. The van der Waals surface area contributed by atoms with Gasteiger partial charge in [0, 0.05) is 54.9 Å². The predicted octanol–water partition coefficient (Wildman–Crippen LogP) is 6.50. The van der Waals surface area contributed by atoms with Gasteiger partial charge in [-0.2, -0.15) is 0 Å². The minimum atomic E-state index is -0.874. The Morgan fingerprint density at radius 2 is 1.55 bits per heavy atom. The number of anilines is 1. The third-order valence-corrected chi connectivity index (χ3v) is 13.5. The van der Waals surface area contributed by atoms with E-state index in [2.05, 4.69) is 16.0 Å². The number of carbonyl (C=O) groups is 7. The van der Waals surface area contributed by atoms with E-state index in [-0.39, 0.29) is 62.0 Å². The number of piperidine rings is 2. The summed E-state index contributed by atoms with van der Waals surface area (Å²) >= 11 is 0. The van der Waals surface area contributed by atoms with Crippen LogP contribution in [0.4, 0.5) is 5.69 Å². The largest absolute Gasteiger partial charge is 0.493 e. The Kier molecular flexibility index (Phi) is 18.8. The molecule has 3 atom stereocenters. The van der Waals surface area contributed by atoms with Crippen molar-refractivity contribution in [3.8, 4) is 34.5 Å². The summed E-state index contributed by atoms with van der Waals surface area (Å²) in [4.78, 5) is 95.3. The van der Waals surface area contributed by atoms with Crippen LogP contribution in [0.5, 0.6) is 34.5 Å². The van der Waals surface area contributed by atoms with Gasteiger partial charge in [0.05, 0.1) is 35.5 Å². The quantitative estimate of drug-likeness (QED) is 0.0312. The number of allylic oxidation sites excluding steroid dienone is 1. The first-order chi connectivity index (χ1) is 36.3. The van der Waals surface area contributed by atoms with Gasteiger partial charge in [-0.05, 0) is 124 Å². The maximum atomic E-state index is 14.5. The molecular formula is C56H65N5O14. The number of nitrogens with zero attached hydrogens (tertiary/aromatic N) is 2. The standard InChI is InChI=1S/C56H65N5O14/c1-7-38(36-30-47(71-4)52(73-6)48(31-36)72-5)54(66)60-27-11-9-18-43(60)56(68)75-44(23-20-34-21-24-45(69-2)46(28-34)70-3)35-14-12-15-37(29-35)74-33-51(64)57-26-10-8-19-49(62)58-41-17-13-16-39-40(41)32-61(55(39)67)42-22-25-50(63)59-53(42)65/h7,12-17,21,24,28-31,42-44H,8-11,18-20,22-23,25-27,32-33H2,1-6H3,(H,57,64)(H,58,62)(H,59,63,65)/b38-7+. The third-order valence-electron chi connectivity index (χ3n) is 13.5. The number of carbonyl (C=O) groups excluding carboxylic acids is 7. The second-order valence-corrected chi connectivity index (χ2v) is 18.2. The molecule has 19 nitrogen and oxygen atoms in total. The zero-order valence-corrected chi connectivity index (χ0v) is 43.2. The minimum absolute atomic E-state index is 0.131. The van der Waals surface area contributed by atoms with Crippen molar-refractivity contribution in [2.75, 3.05) is 60.6 Å². The predicted molar refractivity (Wildman–Crippen MR) is 276 cm³/mol. The minimum Gasteiger partial charge on any atom is -0.493 e. The average molecular weight is 1030 g/mol. The second-order valence-electron chi connectivity index (χ2n) is 18.2. The van der Waals surface area contributed by atoms with Gasteiger partial charge in [0.25, 0.3) is 17.7 Å². The summed E-state index contributed by atoms with van der Waals surface area (Å²) in [6.07, 6.45) is 5.06. The average Bonchev–Trinajstić information content (AvgIpc) is 3.77. The smallest absolute Gasteiger partial charge is 0.329 e. The number of unbranched alkanes of at least 4 members (excludes halogenated alkanes) is 1. The Balaban J connectivity index is 0.955. The summed E-state index contributed by atoms with van der Waals surface area (Å²) < 4.78 is 40.0. The summed E-state index contributed by atoms with van der Waals surface area (Å²) in [5.74, 6) is -0.101. The second kappa shape index (κ2) is 25.7. The summed E-state index contributed by atoms with van der Waals surface area (Å²) in [6.45, 7) is 2.22. The van der Waals surface area contributed by atoms with Crippen LogP contribution in [-0.2, 0) is 46.5 Å². The fraction of sp³-hybridized carbons (Fsp3) is 0.411. The molecule has 0 spiro atoms. The summed E-state index contributed by atoms with van der Waals surface area (Å²) in [6, 6.07) is 19.4. The molecule has 3 unspecified atom stereocenters. The zero-order chi connectivity index (χ0) is 53.6. The number of likely N-dealkylation sites (tertiary alicyclic amines) is 1. The molecule has 7 rings (SSSR count). The van der Waals surface area contributed by atoms with Crippen molar-refractivity contribution in [2.24, 2.45) is 0 Å². The van der Waals surface area contributed by atoms with Crippen molar-refractivity contribution >= 4 is 52.7 Å². The van der Waals surface area contributed by atoms with E-state index < -0.39 is 30.1 Å². The molecule has 0 bridgehead atoms. The maximum Gasteiger partial charge on any atom is 0.329 e. The van der Waals surface area contributed by atoms with E-state index in [0.717, 1.165) is 5.56 Å². The van der Waals surface area contributed by atoms with Gasteiger partial charge in [-0.15, -0.1) is 0 Å². The maximum absolute atomic E-state index is 14.5. The van der Waals surface area contributed by atoms with Gasteiger partial charge < -0.3 is 53.6 Å². The molecule has 0 radical (unpaired) electrons. The lowest BCUT2D eigenvalue weighted by molar-refractivity contribution is -0.160. The molecule has 4 aromatic carbocycles. The number of hydrogen-bond acceptors (Lipinski definition) is 14. The molecule has 0 aliphatic carbocycles. The SMILES string of the molecule is C/C=C(/C(=O)N1CCCCC1C(=O)OC(CCc1ccc(OC)c(OC)c1)c1cccc(OCC(=O)NCCCCC(=O)Nc2cccc3c2CN(C2CCC(=O)NC2=O)C3=O)c1)c1cc(OC)c(OC)c(OC)c1. The van der Waals surface area contributed by atoms with Crippen LogP contribution in [0, 0.1) is 0 Å². The fourth-order valence-corrected chi connectivity index (χ4v) is 9.63. The Hall–Kier alpha value is -8.09. The molecule has 0 aromatic heterocycles. The zero-order valence-electron chi connectivity index (χ0n) is 43.2. The Morgan fingerprint density at radius 3 is 2.25 bits per heavy atom. The highest BCUT2D eigenvalue weighted by Crippen LogP contribution is 2.41. The Bertz CT molecular complexity index is 2790. The van der Waals surface area contributed by atoms with Crippen LogP contribution in [0.3, 0.4) is 0 Å². The van der Waals surface area contributed by atoms with E-state index in [1.807, 2.05) is 24.3 Å². The van der Waals surface area contributed by atoms with E-state index in [4.69, 9.17) is 33.2 Å². The Morgan fingerprint density at radius 1 is 0.800 bits per heavy atom. The number of methoxy groups -OCH3 is 5. The number of esters is 1. The molecule has 2 fully saturated rings. The number of ether oxygens (including phenoxy) is 7. The lowest BCUT2D eigenvalue weighted by Gasteiger charge is -2.35. The first-order valence-electron chi connectivity index (χ1n) is 25.1. The van der Waals surface area contributed by atoms with E-state index in [1.54, 1.807) is 80.7 Å². The summed E-state index contributed by atoms with van der Waals surface area (Å²) in [5, 5.41) is 8.01. The van der Waals surface area contributed by atoms with E-state index in [1.165, 1.54) is 26.2 Å². The number of fused-ring (bicyclic) bond motifs is 1. The van der Waals surface area contributed by atoms with Crippen LogP contribution in [0.1, 0.15) is 103 Å². The van der Waals surface area contributed by atoms with E-state index >= 15 is 0 Å².